The molecule has 0 aliphatic heterocycles. The summed E-state index contributed by atoms with van der Waals surface area (Å²) in [4.78, 5) is 11.9. The molecule has 1 aromatic carbocycles. The number of imidazole rings is 1. The topological polar surface area (TPSA) is 70.5 Å². The van der Waals surface area contributed by atoms with Gasteiger partial charge >= 0.3 is 11.6 Å². The van der Waals surface area contributed by atoms with E-state index in [4.69, 9.17) is 4.74 Å². The van der Waals surface area contributed by atoms with Gasteiger partial charge in [0.25, 0.3) is 0 Å². The number of carbonyl (C=O) groups is 1. The Balaban J connectivity index is 2.52. The average molecular weight is 303 g/mol. The Morgan fingerprint density at radius 2 is 2.14 bits per heavy atom. The molecule has 0 aliphatic rings. The molecular formula is C14H13N3O3S. The summed E-state index contributed by atoms with van der Waals surface area (Å²) in [6.45, 7) is 0. The van der Waals surface area contributed by atoms with Gasteiger partial charge in [-0.25, -0.2) is 9.36 Å². The number of hydrogen-bond acceptors (Lipinski definition) is 5. The van der Waals surface area contributed by atoms with Gasteiger partial charge in [0.1, 0.15) is 0 Å². The van der Waals surface area contributed by atoms with Crippen LogP contribution in [0.2, 0.25) is 0 Å². The molecule has 3 aromatic rings. The van der Waals surface area contributed by atoms with Crippen LogP contribution in [0.5, 0.6) is 5.75 Å². The second kappa shape index (κ2) is 4.92. The monoisotopic (exact) mass is 303 g/mol. The lowest BCUT2D eigenvalue weighted by atomic mass is 10.3. The van der Waals surface area contributed by atoms with Crippen LogP contribution in [0.4, 0.5) is 0 Å². The number of rotatable bonds is 2. The van der Waals surface area contributed by atoms with Crippen molar-refractivity contribution in [3.05, 3.63) is 29.8 Å². The summed E-state index contributed by atoms with van der Waals surface area (Å²) >= 11 is 1.24. The number of thioether (sulfide) groups is 1. The van der Waals surface area contributed by atoms with Crippen LogP contribution < -0.4 is 9.67 Å². The minimum atomic E-state index is -0.662. The van der Waals surface area contributed by atoms with Crippen LogP contribution in [0.25, 0.3) is 16.7 Å². The summed E-state index contributed by atoms with van der Waals surface area (Å²) in [5, 5.41) is 17.5. The normalized spacial score (nSPS) is 11.2. The van der Waals surface area contributed by atoms with Crippen LogP contribution in [0.15, 0.2) is 29.3 Å². The second-order valence-electron chi connectivity index (χ2n) is 4.49. The number of carbonyl (C=O) groups excluding carboxylic acids is 1. The van der Waals surface area contributed by atoms with E-state index in [1.807, 2.05) is 24.3 Å². The molecule has 0 aliphatic carbocycles. The molecule has 0 saturated heterocycles. The number of fused-ring (bicyclic) bond motifs is 3. The third kappa shape index (κ3) is 1.84. The van der Waals surface area contributed by atoms with Crippen molar-refractivity contribution in [1.29, 1.82) is 0 Å². The summed E-state index contributed by atoms with van der Waals surface area (Å²) in [5.41, 5.74) is 2.01. The van der Waals surface area contributed by atoms with Crippen molar-refractivity contribution >= 4 is 34.4 Å². The molecule has 0 bridgehead atoms. The van der Waals surface area contributed by atoms with Gasteiger partial charge in [-0.1, -0.05) is 21.7 Å². The van der Waals surface area contributed by atoms with Crippen LogP contribution in [-0.2, 0) is 11.8 Å². The third-order valence-electron chi connectivity index (χ3n) is 3.41. The second-order valence-corrected chi connectivity index (χ2v) is 5.28. The van der Waals surface area contributed by atoms with Crippen molar-refractivity contribution in [2.45, 2.75) is 5.03 Å². The third-order valence-corrected chi connectivity index (χ3v) is 4.08. The highest BCUT2D eigenvalue weighted by Crippen LogP contribution is 2.29. The molecule has 7 heteroatoms. The van der Waals surface area contributed by atoms with Crippen LogP contribution >= 0.6 is 11.8 Å². The smallest absolute Gasteiger partial charge is 0.340 e. The van der Waals surface area contributed by atoms with Gasteiger partial charge in [-0.15, -0.1) is 11.8 Å². The molecular weight excluding hydrogens is 290 g/mol. The maximum atomic E-state index is 12.7. The molecule has 0 N–H and O–H groups in total. The molecule has 2 aromatic heterocycles. The largest absolute Gasteiger partial charge is 0.866 e. The number of methoxy groups -OCH3 is 1. The van der Waals surface area contributed by atoms with E-state index in [-0.39, 0.29) is 11.3 Å². The lowest BCUT2D eigenvalue weighted by Crippen LogP contribution is -2.29. The van der Waals surface area contributed by atoms with Crippen molar-refractivity contribution < 1.29 is 19.2 Å². The Bertz CT molecular complexity index is 873. The van der Waals surface area contributed by atoms with Crippen molar-refractivity contribution in [1.82, 2.24) is 9.61 Å². The van der Waals surface area contributed by atoms with E-state index in [1.54, 1.807) is 22.4 Å². The number of benzene rings is 1. The number of nitrogens with zero attached hydrogens (tertiary/aromatic N) is 3. The zero-order valence-corrected chi connectivity index (χ0v) is 12.6. The molecule has 2 heterocycles. The van der Waals surface area contributed by atoms with E-state index in [0.717, 1.165) is 11.0 Å². The first-order valence-electron chi connectivity index (χ1n) is 6.23. The van der Waals surface area contributed by atoms with Gasteiger partial charge in [-0.3, -0.25) is 0 Å². The lowest BCUT2D eigenvalue weighted by molar-refractivity contribution is -0.620. The van der Waals surface area contributed by atoms with E-state index in [2.05, 4.69) is 5.10 Å². The lowest BCUT2D eigenvalue weighted by Gasteiger charge is -2.12. The van der Waals surface area contributed by atoms with Gasteiger partial charge in [0.15, 0.2) is 10.5 Å². The maximum Gasteiger partial charge on any atom is 0.340 e. The number of ether oxygens (including phenoxy) is 1. The highest BCUT2D eigenvalue weighted by atomic mass is 32.2. The molecule has 0 spiro atoms. The van der Waals surface area contributed by atoms with E-state index >= 15 is 0 Å². The fourth-order valence-electron chi connectivity index (χ4n) is 2.42. The number of hydrogen-bond donors (Lipinski definition) is 0. The molecule has 0 radical (unpaired) electrons. The molecule has 3 rings (SSSR count). The van der Waals surface area contributed by atoms with Gasteiger partial charge in [-0.05, 0) is 18.4 Å². The van der Waals surface area contributed by atoms with E-state index < -0.39 is 5.97 Å². The maximum absolute atomic E-state index is 12.7. The van der Waals surface area contributed by atoms with Crippen molar-refractivity contribution in [2.75, 3.05) is 13.4 Å². The molecule has 108 valence electrons. The molecule has 0 saturated carbocycles. The first-order chi connectivity index (χ1) is 10.1. The molecule has 0 amide bonds. The van der Waals surface area contributed by atoms with Crippen molar-refractivity contribution in [3.8, 4) is 5.75 Å². The van der Waals surface area contributed by atoms with Gasteiger partial charge in [-0.2, -0.15) is 0 Å². The van der Waals surface area contributed by atoms with Crippen LogP contribution in [0.1, 0.15) is 10.4 Å². The molecule has 0 atom stereocenters. The van der Waals surface area contributed by atoms with E-state index in [0.29, 0.717) is 10.7 Å². The highest BCUT2D eigenvalue weighted by molar-refractivity contribution is 7.98. The van der Waals surface area contributed by atoms with E-state index in [1.165, 1.54) is 18.9 Å². The summed E-state index contributed by atoms with van der Waals surface area (Å²) in [5.74, 6) is -1.04. The fraction of sp³-hybridized carbons (Fsp3) is 0.214. The summed E-state index contributed by atoms with van der Waals surface area (Å²) in [7, 11) is 3.03. The Labute approximate surface area is 125 Å². The van der Waals surface area contributed by atoms with Gasteiger partial charge in [0, 0.05) is 5.75 Å². The molecule has 0 unspecified atom stereocenters. The predicted molar refractivity (Wildman–Crippen MR) is 76.4 cm³/mol. The Morgan fingerprint density at radius 3 is 2.81 bits per heavy atom. The summed E-state index contributed by atoms with van der Waals surface area (Å²) in [6, 6.07) is 7.56. The Hall–Kier alpha value is -2.28. The molecule has 6 nitrogen and oxygen atoms in total. The van der Waals surface area contributed by atoms with Gasteiger partial charge in [0.2, 0.25) is 5.52 Å². The Kier molecular flexibility index (Phi) is 3.21. The van der Waals surface area contributed by atoms with Gasteiger partial charge in [0.05, 0.1) is 19.7 Å². The van der Waals surface area contributed by atoms with Crippen molar-refractivity contribution in [2.24, 2.45) is 7.05 Å². The quantitative estimate of drug-likeness (QED) is 0.399. The summed E-state index contributed by atoms with van der Waals surface area (Å²) in [6.07, 6.45) is 1.77. The SMILES string of the molecule is COC(=O)c1c(SC)nn2c3ccccc3[n+](C)c2c1[O-]. The minimum absolute atomic E-state index is 0.0177. The number of aromatic nitrogens is 3. The first-order valence-corrected chi connectivity index (χ1v) is 7.45. The summed E-state index contributed by atoms with van der Waals surface area (Å²) < 4.78 is 8.03. The van der Waals surface area contributed by atoms with Crippen LogP contribution in [0, 0.1) is 0 Å². The minimum Gasteiger partial charge on any atom is -0.866 e. The van der Waals surface area contributed by atoms with Crippen LogP contribution in [0.3, 0.4) is 0 Å². The molecule has 0 fully saturated rings. The number of aryl methyl sites for hydroxylation is 1. The van der Waals surface area contributed by atoms with Crippen molar-refractivity contribution in [3.63, 3.8) is 0 Å². The molecule has 21 heavy (non-hydrogen) atoms. The predicted octanol–water partition coefficient (Wildman–Crippen LogP) is 0.894. The zero-order valence-electron chi connectivity index (χ0n) is 11.8. The fourth-order valence-corrected chi connectivity index (χ4v) is 2.97. The average Bonchev–Trinajstić information content (AvgIpc) is 2.80. The van der Waals surface area contributed by atoms with E-state index in [9.17, 15) is 9.90 Å². The van der Waals surface area contributed by atoms with Gasteiger partial charge < -0.3 is 9.84 Å². The standard InChI is InChI=1S/C14H13N3O3S/c1-16-8-6-4-5-7-9(8)17-13(16)11(18)10(14(19)20-2)12(15-17)21-3/h4-7H,1-3H3. The van der Waals surface area contributed by atoms with Crippen LogP contribution in [-0.4, -0.2) is 28.9 Å². The number of esters is 1. The number of para-hydroxylation sites is 2. The highest BCUT2D eigenvalue weighted by Gasteiger charge is 2.25. The first kappa shape index (κ1) is 13.7. The Morgan fingerprint density at radius 1 is 1.43 bits per heavy atom. The zero-order chi connectivity index (χ0) is 15.1.